The van der Waals surface area contributed by atoms with E-state index < -0.39 is 0 Å². The number of benzene rings is 1. The van der Waals surface area contributed by atoms with Crippen LogP contribution >= 0.6 is 11.8 Å². The minimum absolute atomic E-state index is 0.237. The molecule has 0 spiro atoms. The molecule has 0 amide bonds. The van der Waals surface area contributed by atoms with Crippen LogP contribution in [0.5, 0.6) is 0 Å². The molecule has 0 saturated carbocycles. The molecule has 0 aromatic heterocycles. The molecular weight excluding hydrogens is 189 g/mol. The molecule has 2 nitrogen and oxygen atoms in total. The first-order valence-electron chi connectivity index (χ1n) is 3.68. The van der Waals surface area contributed by atoms with Gasteiger partial charge in [0.15, 0.2) is 0 Å². The molecule has 0 aliphatic rings. The second-order valence-electron chi connectivity index (χ2n) is 2.30. The van der Waals surface area contributed by atoms with E-state index in [9.17, 15) is 4.39 Å². The fraction of sp³-hybridized carbons (Fsp3) is 0.222. The lowest BCUT2D eigenvalue weighted by Gasteiger charge is -2.00. The zero-order chi connectivity index (χ0) is 9.68. The van der Waals surface area contributed by atoms with Crippen LogP contribution in [0.2, 0.25) is 0 Å². The van der Waals surface area contributed by atoms with Crippen LogP contribution in [0.15, 0.2) is 28.3 Å². The Kier molecular flexibility index (Phi) is 3.76. The Bertz CT molecular complexity index is 314. The molecule has 1 rings (SSSR count). The average Bonchev–Trinajstić information content (AvgIpc) is 2.16. The summed E-state index contributed by atoms with van der Waals surface area (Å²) in [6.45, 7) is 0. The molecular formula is C9H10FNOS. The molecule has 13 heavy (non-hydrogen) atoms. The molecule has 0 radical (unpaired) electrons. The maximum Gasteiger partial charge on any atom is 0.124 e. The molecule has 0 aliphatic heterocycles. The lowest BCUT2D eigenvalue weighted by Crippen LogP contribution is -1.87. The Morgan fingerprint density at radius 1 is 1.54 bits per heavy atom. The fourth-order valence-electron chi connectivity index (χ4n) is 0.901. The fourth-order valence-corrected chi connectivity index (χ4v) is 1.49. The Morgan fingerprint density at radius 3 is 2.92 bits per heavy atom. The molecule has 1 aromatic rings. The van der Waals surface area contributed by atoms with Crippen molar-refractivity contribution in [2.24, 2.45) is 5.16 Å². The highest BCUT2D eigenvalue weighted by molar-refractivity contribution is 7.98. The summed E-state index contributed by atoms with van der Waals surface area (Å²) in [6.07, 6.45) is 3.45. The molecule has 0 atom stereocenters. The summed E-state index contributed by atoms with van der Waals surface area (Å²) in [7, 11) is 1.47. The summed E-state index contributed by atoms with van der Waals surface area (Å²) in [6, 6.07) is 4.54. The van der Waals surface area contributed by atoms with Crippen molar-refractivity contribution in [2.45, 2.75) is 4.90 Å². The van der Waals surface area contributed by atoms with E-state index in [0.29, 0.717) is 0 Å². The first-order valence-corrected chi connectivity index (χ1v) is 4.90. The lowest BCUT2D eigenvalue weighted by atomic mass is 10.2. The van der Waals surface area contributed by atoms with Gasteiger partial charge >= 0.3 is 0 Å². The van der Waals surface area contributed by atoms with E-state index in [1.807, 2.05) is 6.26 Å². The van der Waals surface area contributed by atoms with E-state index in [0.717, 1.165) is 10.5 Å². The lowest BCUT2D eigenvalue weighted by molar-refractivity contribution is 0.215. The van der Waals surface area contributed by atoms with Gasteiger partial charge in [-0.2, -0.15) is 0 Å². The van der Waals surface area contributed by atoms with Crippen molar-refractivity contribution >= 4 is 18.0 Å². The molecule has 0 heterocycles. The molecule has 0 fully saturated rings. The quantitative estimate of drug-likeness (QED) is 0.424. The van der Waals surface area contributed by atoms with Crippen LogP contribution in [-0.2, 0) is 4.84 Å². The van der Waals surface area contributed by atoms with Crippen molar-refractivity contribution in [3.8, 4) is 0 Å². The van der Waals surface area contributed by atoms with Gasteiger partial charge in [-0.1, -0.05) is 5.16 Å². The molecule has 0 bridgehead atoms. The molecule has 1 aromatic carbocycles. The molecule has 0 N–H and O–H groups in total. The van der Waals surface area contributed by atoms with Gasteiger partial charge in [-0.3, -0.25) is 0 Å². The van der Waals surface area contributed by atoms with Crippen molar-refractivity contribution in [2.75, 3.05) is 13.4 Å². The number of hydrogen-bond acceptors (Lipinski definition) is 3. The Morgan fingerprint density at radius 2 is 2.31 bits per heavy atom. The summed E-state index contributed by atoms with van der Waals surface area (Å²) in [4.78, 5) is 5.39. The zero-order valence-electron chi connectivity index (χ0n) is 7.45. The predicted octanol–water partition coefficient (Wildman–Crippen LogP) is 2.53. The highest BCUT2D eigenvalue weighted by atomic mass is 32.2. The highest BCUT2D eigenvalue weighted by Crippen LogP contribution is 2.19. The van der Waals surface area contributed by atoms with Crippen molar-refractivity contribution in [3.05, 3.63) is 29.6 Å². The minimum atomic E-state index is -0.237. The number of halogens is 1. The van der Waals surface area contributed by atoms with Crippen LogP contribution in [0, 0.1) is 5.82 Å². The van der Waals surface area contributed by atoms with E-state index in [-0.39, 0.29) is 5.82 Å². The van der Waals surface area contributed by atoms with E-state index in [2.05, 4.69) is 9.99 Å². The second-order valence-corrected chi connectivity index (χ2v) is 3.15. The van der Waals surface area contributed by atoms with Gasteiger partial charge in [0.1, 0.15) is 12.9 Å². The average molecular weight is 199 g/mol. The largest absolute Gasteiger partial charge is 0.399 e. The third-order valence-corrected chi connectivity index (χ3v) is 2.29. The third kappa shape index (κ3) is 2.73. The van der Waals surface area contributed by atoms with Crippen molar-refractivity contribution in [3.63, 3.8) is 0 Å². The van der Waals surface area contributed by atoms with Gasteiger partial charge in [0.05, 0.1) is 6.21 Å². The Hall–Kier alpha value is -1.03. The van der Waals surface area contributed by atoms with E-state index in [4.69, 9.17) is 0 Å². The summed E-state index contributed by atoms with van der Waals surface area (Å²) in [5.41, 5.74) is 0.857. The molecule has 0 unspecified atom stereocenters. The first kappa shape index (κ1) is 10.1. The zero-order valence-corrected chi connectivity index (χ0v) is 8.27. The van der Waals surface area contributed by atoms with Crippen molar-refractivity contribution < 1.29 is 9.23 Å². The summed E-state index contributed by atoms with van der Waals surface area (Å²) >= 11 is 1.47. The van der Waals surface area contributed by atoms with Crippen LogP contribution < -0.4 is 0 Å². The maximum atomic E-state index is 12.8. The van der Waals surface area contributed by atoms with Crippen LogP contribution in [0.1, 0.15) is 5.56 Å². The molecule has 0 aliphatic carbocycles. The number of nitrogens with zero attached hydrogens (tertiary/aromatic N) is 1. The number of hydrogen-bond donors (Lipinski definition) is 0. The monoisotopic (exact) mass is 199 g/mol. The second kappa shape index (κ2) is 4.87. The van der Waals surface area contributed by atoms with E-state index in [1.54, 1.807) is 12.3 Å². The van der Waals surface area contributed by atoms with Crippen molar-refractivity contribution in [1.29, 1.82) is 0 Å². The smallest absolute Gasteiger partial charge is 0.124 e. The van der Waals surface area contributed by atoms with Gasteiger partial charge in [-0.05, 0) is 24.5 Å². The number of oxime groups is 1. The SMILES string of the molecule is CON=Cc1ccc(F)cc1SC. The first-order chi connectivity index (χ1) is 6.27. The van der Waals surface area contributed by atoms with Gasteiger partial charge in [0, 0.05) is 10.5 Å². The van der Waals surface area contributed by atoms with E-state index in [1.165, 1.54) is 31.0 Å². The molecule has 70 valence electrons. The maximum absolute atomic E-state index is 12.8. The van der Waals surface area contributed by atoms with Gasteiger partial charge in [0.2, 0.25) is 0 Å². The van der Waals surface area contributed by atoms with Crippen LogP contribution in [0.4, 0.5) is 4.39 Å². The summed E-state index contributed by atoms with van der Waals surface area (Å²) in [5, 5.41) is 3.62. The van der Waals surface area contributed by atoms with Crippen LogP contribution in [0.3, 0.4) is 0 Å². The molecule has 4 heteroatoms. The van der Waals surface area contributed by atoms with E-state index >= 15 is 0 Å². The van der Waals surface area contributed by atoms with Gasteiger partial charge < -0.3 is 4.84 Å². The minimum Gasteiger partial charge on any atom is -0.399 e. The highest BCUT2D eigenvalue weighted by Gasteiger charge is 2.00. The van der Waals surface area contributed by atoms with Crippen molar-refractivity contribution in [1.82, 2.24) is 0 Å². The van der Waals surface area contributed by atoms with Gasteiger partial charge in [-0.15, -0.1) is 11.8 Å². The Balaban J connectivity index is 2.99. The van der Waals surface area contributed by atoms with Gasteiger partial charge in [-0.25, -0.2) is 4.39 Å². The van der Waals surface area contributed by atoms with Crippen LogP contribution in [-0.4, -0.2) is 19.6 Å². The van der Waals surface area contributed by atoms with Gasteiger partial charge in [0.25, 0.3) is 0 Å². The molecule has 0 saturated heterocycles. The number of rotatable bonds is 3. The number of thioether (sulfide) groups is 1. The Labute approximate surface area is 80.8 Å². The normalized spacial score (nSPS) is 10.7. The standard InChI is InChI=1S/C9H10FNOS/c1-12-11-6-7-3-4-8(10)5-9(7)13-2/h3-6H,1-2H3. The summed E-state index contributed by atoms with van der Waals surface area (Å²) < 4.78 is 12.8. The van der Waals surface area contributed by atoms with Crippen LogP contribution in [0.25, 0.3) is 0 Å². The summed E-state index contributed by atoms with van der Waals surface area (Å²) in [5.74, 6) is -0.237. The topological polar surface area (TPSA) is 21.6 Å². The third-order valence-electron chi connectivity index (χ3n) is 1.49. The predicted molar refractivity (Wildman–Crippen MR) is 52.8 cm³/mol.